The third-order valence-corrected chi connectivity index (χ3v) is 3.19. The second-order valence-corrected chi connectivity index (χ2v) is 4.53. The molecule has 1 N–H and O–H groups in total. The topological polar surface area (TPSA) is 85.8 Å². The van der Waals surface area contributed by atoms with Crippen LogP contribution in [0.3, 0.4) is 0 Å². The van der Waals surface area contributed by atoms with Gasteiger partial charge in [0.2, 0.25) is 0 Å². The third-order valence-electron chi connectivity index (χ3n) is 3.19. The Bertz CT molecular complexity index is 647. The number of rotatable bonds is 5. The number of hydrogen-bond donors (Lipinski definition) is 1. The van der Waals surface area contributed by atoms with Crippen molar-refractivity contribution in [2.75, 3.05) is 6.67 Å². The van der Waals surface area contributed by atoms with Gasteiger partial charge in [0.15, 0.2) is 5.69 Å². The van der Waals surface area contributed by atoms with Crippen molar-refractivity contribution >= 4 is 5.97 Å². The molecule has 2 aromatic rings. The lowest BCUT2D eigenvalue weighted by atomic mass is 10.1. The molecule has 0 spiro atoms. The van der Waals surface area contributed by atoms with Crippen molar-refractivity contribution in [3.8, 4) is 11.3 Å². The van der Waals surface area contributed by atoms with Crippen LogP contribution < -0.4 is 0 Å². The molecule has 108 valence electrons. The molecule has 0 aliphatic heterocycles. The van der Waals surface area contributed by atoms with Crippen molar-refractivity contribution in [1.29, 1.82) is 0 Å². The number of aryl methyl sites for hydroxylation is 3. The maximum absolute atomic E-state index is 12.3. The molecule has 0 aromatic carbocycles. The van der Waals surface area contributed by atoms with Gasteiger partial charge in [0.25, 0.3) is 0 Å². The highest BCUT2D eigenvalue weighted by Crippen LogP contribution is 2.28. The van der Waals surface area contributed by atoms with E-state index in [2.05, 4.69) is 15.4 Å². The largest absolute Gasteiger partial charge is 0.476 e. The molecule has 0 saturated heterocycles. The molecule has 0 unspecified atom stereocenters. The zero-order chi connectivity index (χ0) is 14.9. The van der Waals surface area contributed by atoms with Crippen LogP contribution in [0, 0.1) is 13.8 Å². The number of carboxylic acid groups (broad SMARTS) is 1. The van der Waals surface area contributed by atoms with Crippen molar-refractivity contribution in [2.45, 2.75) is 26.8 Å². The van der Waals surface area contributed by atoms with Gasteiger partial charge in [0.1, 0.15) is 5.69 Å². The fourth-order valence-corrected chi connectivity index (χ4v) is 2.19. The Morgan fingerprint density at radius 1 is 1.40 bits per heavy atom. The maximum atomic E-state index is 12.3. The lowest BCUT2D eigenvalue weighted by Crippen LogP contribution is -2.07. The summed E-state index contributed by atoms with van der Waals surface area (Å²) in [7, 11) is 1.78. The van der Waals surface area contributed by atoms with Crippen molar-refractivity contribution < 1.29 is 14.3 Å². The van der Waals surface area contributed by atoms with Crippen LogP contribution in [0.5, 0.6) is 0 Å². The molecule has 0 radical (unpaired) electrons. The van der Waals surface area contributed by atoms with Crippen LogP contribution in [-0.2, 0) is 13.6 Å². The smallest absolute Gasteiger partial charge is 0.358 e. The van der Waals surface area contributed by atoms with Crippen molar-refractivity contribution in [1.82, 2.24) is 24.8 Å². The summed E-state index contributed by atoms with van der Waals surface area (Å²) in [5, 5.41) is 21.0. The van der Waals surface area contributed by atoms with Gasteiger partial charge in [-0.25, -0.2) is 9.48 Å². The fraction of sp³-hybridized carbons (Fsp3) is 0.500. The summed E-state index contributed by atoms with van der Waals surface area (Å²) in [6.07, 6.45) is 0.258. The van der Waals surface area contributed by atoms with Gasteiger partial charge in [-0.3, -0.25) is 9.07 Å². The van der Waals surface area contributed by atoms with E-state index in [0.29, 0.717) is 17.0 Å². The zero-order valence-corrected chi connectivity index (χ0v) is 11.6. The number of hydrogen-bond acceptors (Lipinski definition) is 4. The Hall–Kier alpha value is -2.25. The van der Waals surface area contributed by atoms with E-state index in [4.69, 9.17) is 0 Å². The van der Waals surface area contributed by atoms with Gasteiger partial charge in [-0.2, -0.15) is 5.10 Å². The first-order chi connectivity index (χ1) is 9.47. The molecule has 8 heteroatoms. The van der Waals surface area contributed by atoms with E-state index in [0.717, 1.165) is 5.69 Å². The molecule has 7 nitrogen and oxygen atoms in total. The summed E-state index contributed by atoms with van der Waals surface area (Å²) in [5.74, 6) is -1.16. The SMILES string of the molecule is Cc1nn(C)c(C)c1-c1c(C(=O)O)nnn1CCCF. The highest BCUT2D eigenvalue weighted by Gasteiger charge is 2.25. The predicted molar refractivity (Wildman–Crippen MR) is 69.2 cm³/mol. The van der Waals surface area contributed by atoms with Gasteiger partial charge in [0.05, 0.1) is 12.4 Å². The first-order valence-corrected chi connectivity index (χ1v) is 6.20. The van der Waals surface area contributed by atoms with E-state index < -0.39 is 12.6 Å². The molecule has 0 fully saturated rings. The number of carboxylic acids is 1. The minimum atomic E-state index is -1.16. The van der Waals surface area contributed by atoms with Crippen LogP contribution in [0.15, 0.2) is 0 Å². The van der Waals surface area contributed by atoms with Gasteiger partial charge in [-0.15, -0.1) is 5.10 Å². The number of aromatic carboxylic acids is 1. The number of aromatic nitrogens is 5. The first kappa shape index (κ1) is 14.2. The quantitative estimate of drug-likeness (QED) is 0.894. The molecule has 2 heterocycles. The number of carbonyl (C=O) groups is 1. The average Bonchev–Trinajstić information content (AvgIpc) is 2.89. The molecule has 2 rings (SSSR count). The second kappa shape index (κ2) is 5.40. The van der Waals surface area contributed by atoms with Gasteiger partial charge < -0.3 is 5.11 Å². The van der Waals surface area contributed by atoms with Crippen LogP contribution in [0.1, 0.15) is 28.3 Å². The molecule has 0 aliphatic carbocycles. The number of nitrogens with zero attached hydrogens (tertiary/aromatic N) is 5. The molecule has 0 amide bonds. The van der Waals surface area contributed by atoms with Crippen LogP contribution in [0.25, 0.3) is 11.3 Å². The zero-order valence-electron chi connectivity index (χ0n) is 11.6. The van der Waals surface area contributed by atoms with E-state index in [-0.39, 0.29) is 18.7 Å². The maximum Gasteiger partial charge on any atom is 0.358 e. The van der Waals surface area contributed by atoms with Gasteiger partial charge >= 0.3 is 5.97 Å². The van der Waals surface area contributed by atoms with Gasteiger partial charge in [0, 0.05) is 24.8 Å². The Labute approximate surface area is 115 Å². The van der Waals surface area contributed by atoms with Crippen LogP contribution in [0.2, 0.25) is 0 Å². The van der Waals surface area contributed by atoms with Crippen LogP contribution in [0.4, 0.5) is 4.39 Å². The van der Waals surface area contributed by atoms with Gasteiger partial charge in [-0.05, 0) is 20.3 Å². The third kappa shape index (κ3) is 2.28. The molecule has 0 saturated carbocycles. The fourth-order valence-electron chi connectivity index (χ4n) is 2.19. The first-order valence-electron chi connectivity index (χ1n) is 6.20. The van der Waals surface area contributed by atoms with Crippen molar-refractivity contribution in [3.05, 3.63) is 17.1 Å². The molecule has 0 atom stereocenters. The molecular weight excluding hydrogens is 265 g/mol. The van der Waals surface area contributed by atoms with E-state index in [1.54, 1.807) is 18.7 Å². The monoisotopic (exact) mass is 281 g/mol. The Balaban J connectivity index is 2.63. The number of alkyl halides is 1. The van der Waals surface area contributed by atoms with Crippen LogP contribution in [-0.4, -0.2) is 42.5 Å². The highest BCUT2D eigenvalue weighted by molar-refractivity contribution is 5.93. The molecule has 0 aliphatic rings. The Kier molecular flexibility index (Phi) is 3.82. The highest BCUT2D eigenvalue weighted by atomic mass is 19.1. The minimum absolute atomic E-state index is 0.136. The summed E-state index contributed by atoms with van der Waals surface area (Å²) in [6.45, 7) is 3.42. The lowest BCUT2D eigenvalue weighted by Gasteiger charge is -2.06. The van der Waals surface area contributed by atoms with Crippen LogP contribution >= 0.6 is 0 Å². The van der Waals surface area contributed by atoms with E-state index in [9.17, 15) is 14.3 Å². The average molecular weight is 281 g/mol. The van der Waals surface area contributed by atoms with Gasteiger partial charge in [-0.1, -0.05) is 5.21 Å². The predicted octanol–water partition coefficient (Wildman–Crippen LogP) is 1.35. The lowest BCUT2D eigenvalue weighted by molar-refractivity contribution is 0.0691. The summed E-state index contributed by atoms with van der Waals surface area (Å²) in [6, 6.07) is 0. The standard InChI is InChI=1S/C12H16FN5O2/c1-7-9(8(2)17(3)15-7)11-10(12(19)20)14-16-18(11)6-4-5-13/h4-6H2,1-3H3,(H,19,20). The summed E-state index contributed by atoms with van der Waals surface area (Å²) in [5.41, 5.74) is 2.44. The molecule has 0 bridgehead atoms. The number of halogens is 1. The van der Waals surface area contributed by atoms with Crippen molar-refractivity contribution in [3.63, 3.8) is 0 Å². The van der Waals surface area contributed by atoms with E-state index >= 15 is 0 Å². The van der Waals surface area contributed by atoms with E-state index in [1.807, 2.05) is 6.92 Å². The summed E-state index contributed by atoms with van der Waals surface area (Å²) < 4.78 is 15.4. The molecule has 2 aromatic heterocycles. The van der Waals surface area contributed by atoms with Crippen molar-refractivity contribution in [2.24, 2.45) is 7.05 Å². The summed E-state index contributed by atoms with van der Waals surface area (Å²) in [4.78, 5) is 11.3. The molecular formula is C12H16FN5O2. The molecule has 20 heavy (non-hydrogen) atoms. The summed E-state index contributed by atoms with van der Waals surface area (Å²) >= 11 is 0. The normalized spacial score (nSPS) is 11.0. The minimum Gasteiger partial charge on any atom is -0.476 e. The van der Waals surface area contributed by atoms with E-state index in [1.165, 1.54) is 4.68 Å². The Morgan fingerprint density at radius 2 is 2.10 bits per heavy atom. The second-order valence-electron chi connectivity index (χ2n) is 4.53. The Morgan fingerprint density at radius 3 is 2.60 bits per heavy atom.